The standard InChI is InChI=1S/C15H22BrN3O/c1-5-13-15(16)14(19(6-2)18-13)8-12(17)11-7-9(3)20-10(11)4/h7,12H,5-6,8,17H2,1-4H3. The predicted molar refractivity (Wildman–Crippen MR) is 83.8 cm³/mol. The van der Waals surface area contributed by atoms with E-state index in [-0.39, 0.29) is 6.04 Å². The molecule has 0 aliphatic carbocycles. The molecule has 0 radical (unpaired) electrons. The average Bonchev–Trinajstić information content (AvgIpc) is 2.90. The van der Waals surface area contributed by atoms with Crippen molar-refractivity contribution in [1.29, 1.82) is 0 Å². The Balaban J connectivity index is 2.29. The number of rotatable bonds is 5. The van der Waals surface area contributed by atoms with Gasteiger partial charge >= 0.3 is 0 Å². The van der Waals surface area contributed by atoms with Crippen LogP contribution in [0.15, 0.2) is 15.0 Å². The molecule has 0 saturated heterocycles. The molecule has 0 spiro atoms. The fraction of sp³-hybridized carbons (Fsp3) is 0.533. The van der Waals surface area contributed by atoms with Crippen LogP contribution in [0.2, 0.25) is 0 Å². The highest BCUT2D eigenvalue weighted by Gasteiger charge is 2.20. The Morgan fingerprint density at radius 3 is 2.60 bits per heavy atom. The molecule has 0 aliphatic rings. The third-order valence-electron chi connectivity index (χ3n) is 3.59. The van der Waals surface area contributed by atoms with Gasteiger partial charge in [0.2, 0.25) is 0 Å². The molecule has 20 heavy (non-hydrogen) atoms. The largest absolute Gasteiger partial charge is 0.466 e. The van der Waals surface area contributed by atoms with Crippen molar-refractivity contribution < 1.29 is 4.42 Å². The summed E-state index contributed by atoms with van der Waals surface area (Å²) in [4.78, 5) is 0. The fourth-order valence-corrected chi connectivity index (χ4v) is 3.28. The lowest BCUT2D eigenvalue weighted by atomic mass is 10.0. The van der Waals surface area contributed by atoms with Crippen LogP contribution >= 0.6 is 15.9 Å². The Bertz CT molecular complexity index is 601. The number of furan rings is 1. The molecule has 0 aromatic carbocycles. The van der Waals surface area contributed by atoms with Gasteiger partial charge in [-0.05, 0) is 49.2 Å². The summed E-state index contributed by atoms with van der Waals surface area (Å²) in [5.41, 5.74) is 9.70. The molecule has 0 fully saturated rings. The van der Waals surface area contributed by atoms with Gasteiger partial charge in [0.1, 0.15) is 11.5 Å². The molecular formula is C15H22BrN3O. The Morgan fingerprint density at radius 1 is 1.40 bits per heavy atom. The molecule has 0 amide bonds. The molecule has 0 aliphatic heterocycles. The number of hydrogen-bond donors (Lipinski definition) is 1. The number of nitrogens with zero attached hydrogens (tertiary/aromatic N) is 2. The van der Waals surface area contributed by atoms with E-state index < -0.39 is 0 Å². The second kappa shape index (κ2) is 6.14. The molecule has 2 heterocycles. The molecule has 110 valence electrons. The van der Waals surface area contributed by atoms with Crippen LogP contribution in [-0.2, 0) is 19.4 Å². The summed E-state index contributed by atoms with van der Waals surface area (Å²) in [5, 5.41) is 4.61. The maximum atomic E-state index is 6.36. The van der Waals surface area contributed by atoms with Crippen LogP contribution in [0.5, 0.6) is 0 Å². The van der Waals surface area contributed by atoms with Crippen LogP contribution in [0.4, 0.5) is 0 Å². The van der Waals surface area contributed by atoms with E-state index in [0.29, 0.717) is 0 Å². The number of halogens is 1. The predicted octanol–water partition coefficient (Wildman–Crippen LogP) is 3.68. The summed E-state index contributed by atoms with van der Waals surface area (Å²) in [5.74, 6) is 1.81. The summed E-state index contributed by atoms with van der Waals surface area (Å²) in [6.45, 7) is 8.97. The van der Waals surface area contributed by atoms with E-state index in [1.165, 1.54) is 0 Å². The molecule has 1 atom stereocenters. The molecule has 1 unspecified atom stereocenters. The number of aromatic nitrogens is 2. The van der Waals surface area contributed by atoms with E-state index in [1.54, 1.807) is 0 Å². The highest BCUT2D eigenvalue weighted by molar-refractivity contribution is 9.10. The molecule has 5 heteroatoms. The smallest absolute Gasteiger partial charge is 0.105 e. The van der Waals surface area contributed by atoms with Gasteiger partial charge in [0, 0.05) is 24.6 Å². The van der Waals surface area contributed by atoms with Gasteiger partial charge in [-0.15, -0.1) is 0 Å². The van der Waals surface area contributed by atoms with E-state index in [4.69, 9.17) is 10.2 Å². The summed E-state index contributed by atoms with van der Waals surface area (Å²) in [6, 6.07) is 1.96. The average molecular weight is 340 g/mol. The number of aryl methyl sites for hydroxylation is 4. The summed E-state index contributed by atoms with van der Waals surface area (Å²) in [6.07, 6.45) is 1.67. The van der Waals surface area contributed by atoms with Gasteiger partial charge in [0.15, 0.2) is 0 Å². The minimum absolute atomic E-state index is 0.0737. The lowest BCUT2D eigenvalue weighted by molar-refractivity contribution is 0.495. The highest BCUT2D eigenvalue weighted by Crippen LogP contribution is 2.28. The maximum Gasteiger partial charge on any atom is 0.105 e. The minimum Gasteiger partial charge on any atom is -0.466 e. The Kier molecular flexibility index (Phi) is 4.70. The Morgan fingerprint density at radius 2 is 2.10 bits per heavy atom. The van der Waals surface area contributed by atoms with E-state index in [0.717, 1.165) is 52.3 Å². The number of nitrogens with two attached hydrogens (primary N) is 1. The minimum atomic E-state index is -0.0737. The molecule has 0 bridgehead atoms. The van der Waals surface area contributed by atoms with E-state index >= 15 is 0 Å². The van der Waals surface area contributed by atoms with Crippen LogP contribution < -0.4 is 5.73 Å². The zero-order valence-electron chi connectivity index (χ0n) is 12.5. The first-order chi connectivity index (χ1) is 9.47. The first kappa shape index (κ1) is 15.3. The van der Waals surface area contributed by atoms with Crippen molar-refractivity contribution in [3.63, 3.8) is 0 Å². The second-order valence-corrected chi connectivity index (χ2v) is 5.85. The summed E-state index contributed by atoms with van der Waals surface area (Å²) in [7, 11) is 0. The monoisotopic (exact) mass is 339 g/mol. The molecule has 2 aromatic heterocycles. The zero-order valence-corrected chi connectivity index (χ0v) is 14.1. The normalized spacial score (nSPS) is 12.9. The van der Waals surface area contributed by atoms with Crippen molar-refractivity contribution >= 4 is 15.9 Å². The van der Waals surface area contributed by atoms with Crippen molar-refractivity contribution in [3.8, 4) is 0 Å². The molecule has 2 rings (SSSR count). The first-order valence-electron chi connectivity index (χ1n) is 7.04. The van der Waals surface area contributed by atoms with Gasteiger partial charge in [-0.25, -0.2) is 0 Å². The summed E-state index contributed by atoms with van der Waals surface area (Å²) >= 11 is 3.67. The molecule has 2 aromatic rings. The SMILES string of the molecule is CCc1nn(CC)c(CC(N)c2cc(C)oc2C)c1Br. The molecule has 4 nitrogen and oxygen atoms in total. The van der Waals surface area contributed by atoms with Crippen LogP contribution in [-0.4, -0.2) is 9.78 Å². The quantitative estimate of drug-likeness (QED) is 0.903. The zero-order chi connectivity index (χ0) is 14.9. The Labute approximate surface area is 128 Å². The van der Waals surface area contributed by atoms with E-state index in [2.05, 4.69) is 34.9 Å². The molecule has 2 N–H and O–H groups in total. The Hall–Kier alpha value is -1.07. The lowest BCUT2D eigenvalue weighted by Crippen LogP contribution is -2.16. The van der Waals surface area contributed by atoms with Gasteiger partial charge in [-0.2, -0.15) is 5.10 Å². The fourth-order valence-electron chi connectivity index (χ4n) is 2.55. The van der Waals surface area contributed by atoms with Crippen molar-refractivity contribution in [1.82, 2.24) is 9.78 Å². The van der Waals surface area contributed by atoms with Crippen molar-refractivity contribution in [3.05, 3.63) is 39.0 Å². The third-order valence-corrected chi connectivity index (χ3v) is 4.50. The highest BCUT2D eigenvalue weighted by atomic mass is 79.9. The van der Waals surface area contributed by atoms with Crippen LogP contribution in [0, 0.1) is 13.8 Å². The molecular weight excluding hydrogens is 318 g/mol. The van der Waals surface area contributed by atoms with Gasteiger partial charge < -0.3 is 10.2 Å². The van der Waals surface area contributed by atoms with Crippen molar-refractivity contribution in [2.24, 2.45) is 5.73 Å². The maximum absolute atomic E-state index is 6.36. The lowest BCUT2D eigenvalue weighted by Gasteiger charge is -2.12. The number of hydrogen-bond acceptors (Lipinski definition) is 3. The van der Waals surface area contributed by atoms with Crippen LogP contribution in [0.1, 0.15) is 48.4 Å². The van der Waals surface area contributed by atoms with Gasteiger partial charge in [0.25, 0.3) is 0 Å². The molecule has 0 saturated carbocycles. The van der Waals surface area contributed by atoms with Crippen molar-refractivity contribution in [2.45, 2.75) is 53.1 Å². The van der Waals surface area contributed by atoms with E-state index in [1.807, 2.05) is 24.6 Å². The van der Waals surface area contributed by atoms with Gasteiger partial charge in [0.05, 0.1) is 15.9 Å². The summed E-state index contributed by atoms with van der Waals surface area (Å²) < 4.78 is 8.70. The topological polar surface area (TPSA) is 57.0 Å². The second-order valence-electron chi connectivity index (χ2n) is 5.06. The van der Waals surface area contributed by atoms with Crippen molar-refractivity contribution in [2.75, 3.05) is 0 Å². The van der Waals surface area contributed by atoms with Gasteiger partial charge in [-0.3, -0.25) is 4.68 Å². The first-order valence-corrected chi connectivity index (χ1v) is 7.83. The third kappa shape index (κ3) is 2.83. The van der Waals surface area contributed by atoms with E-state index in [9.17, 15) is 0 Å². The van der Waals surface area contributed by atoms with Crippen LogP contribution in [0.25, 0.3) is 0 Å². The van der Waals surface area contributed by atoms with Gasteiger partial charge in [-0.1, -0.05) is 6.92 Å². The van der Waals surface area contributed by atoms with Crippen LogP contribution in [0.3, 0.4) is 0 Å².